The molecule has 18 heavy (non-hydrogen) atoms. The number of rotatable bonds is 6. The van der Waals surface area contributed by atoms with Gasteiger partial charge in [-0.05, 0) is 32.3 Å². The van der Waals surface area contributed by atoms with Crippen LogP contribution in [0.4, 0.5) is 5.00 Å². The Morgan fingerprint density at radius 3 is 2.67 bits per heavy atom. The number of carbonyl (C=O) groups is 2. The number of anilines is 1. The Balaban J connectivity index is 2.49. The zero-order valence-corrected chi connectivity index (χ0v) is 11.4. The SMILES string of the molecule is Cc1nsc(NCCC(=O)NC(C)C)c1C(=O)O. The monoisotopic (exact) mass is 271 g/mol. The van der Waals surface area contributed by atoms with Gasteiger partial charge in [-0.1, -0.05) is 0 Å². The number of carboxylic acid groups (broad SMARTS) is 1. The summed E-state index contributed by atoms with van der Waals surface area (Å²) < 4.78 is 3.98. The number of nitrogens with one attached hydrogen (secondary N) is 2. The van der Waals surface area contributed by atoms with Crippen molar-refractivity contribution in [3.05, 3.63) is 11.3 Å². The first-order valence-corrected chi connectivity index (χ1v) is 6.42. The summed E-state index contributed by atoms with van der Waals surface area (Å²) in [7, 11) is 0. The number of aromatic nitrogens is 1. The molecule has 0 fully saturated rings. The third kappa shape index (κ3) is 3.99. The predicted octanol–water partition coefficient (Wildman–Crippen LogP) is 1.48. The van der Waals surface area contributed by atoms with Crippen LogP contribution in [0.25, 0.3) is 0 Å². The lowest BCUT2D eigenvalue weighted by molar-refractivity contribution is -0.121. The lowest BCUT2D eigenvalue weighted by Crippen LogP contribution is -2.31. The molecule has 0 aliphatic rings. The molecule has 100 valence electrons. The smallest absolute Gasteiger partial charge is 0.340 e. The van der Waals surface area contributed by atoms with Gasteiger partial charge in [-0.25, -0.2) is 4.79 Å². The van der Waals surface area contributed by atoms with Gasteiger partial charge in [0.05, 0.1) is 5.69 Å². The molecule has 1 aromatic rings. The van der Waals surface area contributed by atoms with Crippen molar-refractivity contribution in [2.24, 2.45) is 0 Å². The maximum atomic E-state index is 11.4. The minimum atomic E-state index is -1.00. The van der Waals surface area contributed by atoms with E-state index in [1.54, 1.807) is 6.92 Å². The largest absolute Gasteiger partial charge is 0.478 e. The normalized spacial score (nSPS) is 10.4. The molecule has 7 heteroatoms. The molecular weight excluding hydrogens is 254 g/mol. The van der Waals surface area contributed by atoms with Crippen LogP contribution in [0.1, 0.15) is 36.3 Å². The Hall–Kier alpha value is -1.63. The average Bonchev–Trinajstić information content (AvgIpc) is 2.58. The summed E-state index contributed by atoms with van der Waals surface area (Å²) in [6.07, 6.45) is 0.300. The fourth-order valence-corrected chi connectivity index (χ4v) is 2.24. The van der Waals surface area contributed by atoms with Crippen LogP contribution in [0.15, 0.2) is 0 Å². The maximum absolute atomic E-state index is 11.4. The molecule has 1 aromatic heterocycles. The van der Waals surface area contributed by atoms with Crippen molar-refractivity contribution < 1.29 is 14.7 Å². The standard InChI is InChI=1S/C11H17N3O3S/c1-6(2)13-8(15)4-5-12-10-9(11(16)17)7(3)14-18-10/h6,12H,4-5H2,1-3H3,(H,13,15)(H,16,17). The lowest BCUT2D eigenvalue weighted by atomic mass is 10.2. The third-order valence-electron chi connectivity index (χ3n) is 2.16. The molecule has 0 saturated heterocycles. The molecule has 0 bridgehead atoms. The minimum absolute atomic E-state index is 0.0596. The number of nitrogens with zero attached hydrogens (tertiary/aromatic N) is 1. The van der Waals surface area contributed by atoms with Gasteiger partial charge in [-0.3, -0.25) is 4.79 Å². The Kier molecular flexibility index (Phi) is 5.08. The summed E-state index contributed by atoms with van der Waals surface area (Å²) >= 11 is 1.10. The second-order valence-corrected chi connectivity index (χ2v) is 4.95. The predicted molar refractivity (Wildman–Crippen MR) is 70.2 cm³/mol. The van der Waals surface area contributed by atoms with Gasteiger partial charge < -0.3 is 15.7 Å². The van der Waals surface area contributed by atoms with E-state index in [2.05, 4.69) is 15.0 Å². The van der Waals surface area contributed by atoms with E-state index in [9.17, 15) is 9.59 Å². The molecule has 6 nitrogen and oxygen atoms in total. The van der Waals surface area contributed by atoms with Crippen molar-refractivity contribution >= 4 is 28.4 Å². The molecule has 0 unspecified atom stereocenters. The van der Waals surface area contributed by atoms with Crippen molar-refractivity contribution in [1.82, 2.24) is 9.69 Å². The Bertz CT molecular complexity index is 443. The van der Waals surface area contributed by atoms with Gasteiger partial charge in [0.2, 0.25) is 5.91 Å². The number of aromatic carboxylic acids is 1. The quantitative estimate of drug-likeness (QED) is 0.729. The Morgan fingerprint density at radius 2 is 2.11 bits per heavy atom. The van der Waals surface area contributed by atoms with E-state index in [1.165, 1.54) is 0 Å². The van der Waals surface area contributed by atoms with Gasteiger partial charge >= 0.3 is 5.97 Å². The summed E-state index contributed by atoms with van der Waals surface area (Å²) in [4.78, 5) is 22.4. The van der Waals surface area contributed by atoms with E-state index in [0.717, 1.165) is 11.5 Å². The van der Waals surface area contributed by atoms with Crippen molar-refractivity contribution in [3.63, 3.8) is 0 Å². The highest BCUT2D eigenvalue weighted by atomic mass is 32.1. The summed E-state index contributed by atoms with van der Waals surface area (Å²) in [6, 6.07) is 0.109. The molecule has 0 radical (unpaired) electrons. The molecule has 1 heterocycles. The van der Waals surface area contributed by atoms with Crippen LogP contribution in [0.5, 0.6) is 0 Å². The Morgan fingerprint density at radius 1 is 1.44 bits per heavy atom. The summed E-state index contributed by atoms with van der Waals surface area (Å²) in [6.45, 7) is 5.82. The van der Waals surface area contributed by atoms with Gasteiger partial charge in [0.15, 0.2) is 0 Å². The fraction of sp³-hybridized carbons (Fsp3) is 0.545. The van der Waals surface area contributed by atoms with E-state index in [4.69, 9.17) is 5.11 Å². The summed E-state index contributed by atoms with van der Waals surface area (Å²) in [5.41, 5.74) is 0.672. The molecular formula is C11H17N3O3S. The second-order valence-electron chi connectivity index (χ2n) is 4.18. The van der Waals surface area contributed by atoms with Crippen LogP contribution in [0, 0.1) is 6.92 Å². The molecule has 1 rings (SSSR count). The van der Waals surface area contributed by atoms with E-state index < -0.39 is 5.97 Å². The number of hydrogen-bond acceptors (Lipinski definition) is 5. The van der Waals surface area contributed by atoms with Gasteiger partial charge in [-0.2, -0.15) is 4.37 Å². The molecule has 0 aliphatic carbocycles. The number of aryl methyl sites for hydroxylation is 1. The van der Waals surface area contributed by atoms with E-state index in [1.807, 2.05) is 13.8 Å². The van der Waals surface area contributed by atoms with Crippen molar-refractivity contribution in [2.75, 3.05) is 11.9 Å². The first-order valence-electron chi connectivity index (χ1n) is 5.64. The van der Waals surface area contributed by atoms with Crippen LogP contribution >= 0.6 is 11.5 Å². The number of amides is 1. The fourth-order valence-electron chi connectivity index (χ4n) is 1.43. The molecule has 3 N–H and O–H groups in total. The van der Waals surface area contributed by atoms with Gasteiger partial charge in [0.25, 0.3) is 0 Å². The van der Waals surface area contributed by atoms with Gasteiger partial charge in [-0.15, -0.1) is 0 Å². The minimum Gasteiger partial charge on any atom is -0.478 e. The van der Waals surface area contributed by atoms with Gasteiger partial charge in [0, 0.05) is 19.0 Å². The van der Waals surface area contributed by atoms with Crippen molar-refractivity contribution in [2.45, 2.75) is 33.2 Å². The molecule has 0 atom stereocenters. The topological polar surface area (TPSA) is 91.3 Å². The molecule has 0 aromatic carbocycles. The van der Waals surface area contributed by atoms with Crippen LogP contribution in [-0.4, -0.2) is 33.9 Å². The first kappa shape index (κ1) is 14.4. The highest BCUT2D eigenvalue weighted by molar-refractivity contribution is 7.10. The molecule has 0 spiro atoms. The zero-order valence-electron chi connectivity index (χ0n) is 10.6. The van der Waals surface area contributed by atoms with Crippen LogP contribution in [-0.2, 0) is 4.79 Å². The number of carboxylic acids is 1. The van der Waals surface area contributed by atoms with Crippen molar-refractivity contribution in [3.8, 4) is 0 Å². The average molecular weight is 271 g/mol. The summed E-state index contributed by atoms with van der Waals surface area (Å²) in [5.74, 6) is -1.06. The highest BCUT2D eigenvalue weighted by Gasteiger charge is 2.17. The number of carbonyl (C=O) groups excluding carboxylic acids is 1. The zero-order chi connectivity index (χ0) is 13.7. The molecule has 0 aliphatic heterocycles. The Labute approximate surface area is 110 Å². The first-order chi connectivity index (χ1) is 8.41. The van der Waals surface area contributed by atoms with E-state index in [0.29, 0.717) is 23.7 Å². The molecule has 0 saturated carbocycles. The van der Waals surface area contributed by atoms with Crippen LogP contribution in [0.3, 0.4) is 0 Å². The molecule has 1 amide bonds. The van der Waals surface area contributed by atoms with E-state index >= 15 is 0 Å². The summed E-state index contributed by atoms with van der Waals surface area (Å²) in [5, 5.41) is 15.2. The third-order valence-corrected chi connectivity index (χ3v) is 3.06. The van der Waals surface area contributed by atoms with Crippen LogP contribution < -0.4 is 10.6 Å². The van der Waals surface area contributed by atoms with Crippen LogP contribution in [0.2, 0.25) is 0 Å². The maximum Gasteiger partial charge on any atom is 0.340 e. The highest BCUT2D eigenvalue weighted by Crippen LogP contribution is 2.24. The van der Waals surface area contributed by atoms with Gasteiger partial charge in [0.1, 0.15) is 10.6 Å². The lowest BCUT2D eigenvalue weighted by Gasteiger charge is -2.08. The second kappa shape index (κ2) is 6.34. The van der Waals surface area contributed by atoms with E-state index in [-0.39, 0.29) is 17.5 Å². The number of hydrogen-bond donors (Lipinski definition) is 3. The van der Waals surface area contributed by atoms with Crippen molar-refractivity contribution in [1.29, 1.82) is 0 Å².